The summed E-state index contributed by atoms with van der Waals surface area (Å²) < 4.78 is 7.58. The summed E-state index contributed by atoms with van der Waals surface area (Å²) in [6.45, 7) is 6.43. The van der Waals surface area contributed by atoms with Crippen molar-refractivity contribution in [1.29, 1.82) is 0 Å². The number of hydrogen-bond donors (Lipinski definition) is 0. The molecule has 0 N–H and O–H groups in total. The third kappa shape index (κ3) is 2.80. The smallest absolute Gasteiger partial charge is 0.410 e. The van der Waals surface area contributed by atoms with Gasteiger partial charge in [-0.3, -0.25) is 4.90 Å². The van der Waals surface area contributed by atoms with Crippen molar-refractivity contribution in [3.8, 4) is 0 Å². The molecule has 0 aliphatic carbocycles. The van der Waals surface area contributed by atoms with E-state index < -0.39 is 0 Å². The van der Waals surface area contributed by atoms with E-state index in [1.54, 1.807) is 0 Å². The Bertz CT molecular complexity index is 323. The Kier molecular flexibility index (Phi) is 4.05. The molecule has 3 fully saturated rings. The first kappa shape index (κ1) is 13.2. The van der Waals surface area contributed by atoms with Gasteiger partial charge in [-0.25, -0.2) is 9.10 Å². The van der Waals surface area contributed by atoms with Gasteiger partial charge in [0.25, 0.3) is 0 Å². The maximum Gasteiger partial charge on any atom is 0.410 e. The Labute approximate surface area is 110 Å². The van der Waals surface area contributed by atoms with Crippen LogP contribution in [-0.2, 0) is 25.6 Å². The van der Waals surface area contributed by atoms with Crippen LogP contribution in [0, 0.1) is 5.92 Å². The number of ether oxygens (including phenoxy) is 1. The van der Waals surface area contributed by atoms with E-state index >= 15 is 0 Å². The Hall–Kier alpha value is -0.200. The highest BCUT2D eigenvalue weighted by Gasteiger charge is 2.48. The zero-order valence-corrected chi connectivity index (χ0v) is 12.2. The quantitative estimate of drug-likeness (QED) is 0.774. The number of carbonyl (C=O) groups is 1. The molecule has 3 aliphatic heterocycles. The Morgan fingerprint density at radius 2 is 2.06 bits per heavy atom. The number of piperidine rings is 1. The van der Waals surface area contributed by atoms with Gasteiger partial charge < -0.3 is 4.74 Å². The number of carbonyl (C=O) groups excluding carboxylic acids is 1. The van der Waals surface area contributed by atoms with Crippen molar-refractivity contribution in [2.75, 3.05) is 26.0 Å². The summed E-state index contributed by atoms with van der Waals surface area (Å²) in [5.41, 5.74) is 0. The fourth-order valence-electron chi connectivity index (χ4n) is 2.39. The number of nitrogens with zero attached hydrogens (tertiary/aromatic N) is 2. The molecule has 3 aliphatic rings. The number of fused-ring (bicyclic) bond motifs is 2. The molecule has 2 bridgehead atoms. The van der Waals surface area contributed by atoms with E-state index in [9.17, 15) is 4.79 Å². The molecule has 3 saturated heterocycles. The van der Waals surface area contributed by atoms with Crippen LogP contribution in [0.5, 0.6) is 0 Å². The maximum atomic E-state index is 11.9. The van der Waals surface area contributed by atoms with Crippen LogP contribution in [0.2, 0.25) is 0 Å². The minimum atomic E-state index is -0.139. The van der Waals surface area contributed by atoms with Crippen LogP contribution in [0.4, 0.5) is 4.79 Å². The third-order valence-corrected chi connectivity index (χ3v) is 4.93. The monoisotopic (exact) mass is 276 g/mol. The molecular formula is C11H20N2O2S2. The Balaban J connectivity index is 1.86. The van der Waals surface area contributed by atoms with Crippen molar-refractivity contribution in [1.82, 2.24) is 9.21 Å². The van der Waals surface area contributed by atoms with Gasteiger partial charge in [0.15, 0.2) is 0 Å². The molecule has 17 heavy (non-hydrogen) atoms. The van der Waals surface area contributed by atoms with Gasteiger partial charge in [0.05, 0.1) is 18.7 Å². The van der Waals surface area contributed by atoms with Gasteiger partial charge in [-0.05, 0) is 23.5 Å². The summed E-state index contributed by atoms with van der Waals surface area (Å²) in [6, 6.07) is 0.651. The summed E-state index contributed by atoms with van der Waals surface area (Å²) in [5, 5.41) is 0. The molecule has 4 nitrogen and oxygen atoms in total. The lowest BCUT2D eigenvalue weighted by molar-refractivity contribution is -0.0370. The van der Waals surface area contributed by atoms with Crippen molar-refractivity contribution < 1.29 is 9.53 Å². The molecular weight excluding hydrogens is 256 g/mol. The molecule has 0 radical (unpaired) electrons. The SMILES string of the molecule is CC(C)COC(=O)N1C2CC1CN(S(C)=S)C2. The Morgan fingerprint density at radius 1 is 1.47 bits per heavy atom. The number of piperazine rings is 1. The van der Waals surface area contributed by atoms with Crippen molar-refractivity contribution in [2.45, 2.75) is 32.4 Å². The summed E-state index contributed by atoms with van der Waals surface area (Å²) in [6.07, 6.45) is 3.03. The molecule has 6 heteroatoms. The van der Waals surface area contributed by atoms with Gasteiger partial charge in [-0.1, -0.05) is 23.5 Å². The van der Waals surface area contributed by atoms with Crippen LogP contribution in [0.15, 0.2) is 0 Å². The van der Waals surface area contributed by atoms with Gasteiger partial charge in [-0.2, -0.15) is 0 Å². The minimum absolute atomic E-state index is 0.0936. The molecule has 3 unspecified atom stereocenters. The van der Waals surface area contributed by atoms with Crippen LogP contribution in [0.1, 0.15) is 20.3 Å². The molecule has 98 valence electrons. The van der Waals surface area contributed by atoms with Gasteiger partial charge in [0.1, 0.15) is 0 Å². The van der Waals surface area contributed by atoms with Gasteiger partial charge in [0.2, 0.25) is 0 Å². The largest absolute Gasteiger partial charge is 0.449 e. The summed E-state index contributed by atoms with van der Waals surface area (Å²) in [7, 11) is -0.0936. The predicted octanol–water partition coefficient (Wildman–Crippen LogP) is 1.16. The highest BCUT2D eigenvalue weighted by atomic mass is 32.8. The van der Waals surface area contributed by atoms with Crippen molar-refractivity contribution in [3.05, 3.63) is 0 Å². The van der Waals surface area contributed by atoms with E-state index in [-0.39, 0.29) is 15.7 Å². The molecule has 0 aromatic carbocycles. The van der Waals surface area contributed by atoms with Crippen molar-refractivity contribution >= 4 is 26.9 Å². The fraction of sp³-hybridized carbons (Fsp3) is 0.909. The fourth-order valence-corrected chi connectivity index (χ4v) is 3.52. The summed E-state index contributed by atoms with van der Waals surface area (Å²) in [4.78, 5) is 13.8. The average molecular weight is 276 g/mol. The zero-order chi connectivity index (χ0) is 12.6. The number of hydrogen-bond acceptors (Lipinski definition) is 3. The van der Waals surface area contributed by atoms with Crippen LogP contribution in [0.25, 0.3) is 0 Å². The highest BCUT2D eigenvalue weighted by molar-refractivity contribution is 8.27. The van der Waals surface area contributed by atoms with Gasteiger partial charge in [0, 0.05) is 19.3 Å². The summed E-state index contributed by atoms with van der Waals surface area (Å²) in [5.74, 6) is 0.394. The van der Waals surface area contributed by atoms with E-state index in [0.717, 1.165) is 19.5 Å². The molecule has 1 amide bonds. The van der Waals surface area contributed by atoms with Crippen LogP contribution < -0.4 is 0 Å². The predicted molar refractivity (Wildman–Crippen MR) is 72.4 cm³/mol. The topological polar surface area (TPSA) is 32.8 Å². The van der Waals surface area contributed by atoms with Crippen LogP contribution in [-0.4, -0.2) is 53.3 Å². The van der Waals surface area contributed by atoms with E-state index in [0.29, 0.717) is 24.6 Å². The molecule has 3 atom stereocenters. The second-order valence-electron chi connectivity index (χ2n) is 5.19. The molecule has 3 rings (SSSR count). The first-order valence-electron chi connectivity index (χ1n) is 6.02. The Morgan fingerprint density at radius 3 is 2.53 bits per heavy atom. The average Bonchev–Trinajstić information content (AvgIpc) is 2.26. The zero-order valence-electron chi connectivity index (χ0n) is 10.6. The second kappa shape index (κ2) is 5.20. The molecule has 0 spiro atoms. The highest BCUT2D eigenvalue weighted by Crippen LogP contribution is 2.33. The normalized spacial score (nSPS) is 30.0. The third-order valence-electron chi connectivity index (χ3n) is 3.27. The summed E-state index contributed by atoms with van der Waals surface area (Å²) >= 11 is 5.28. The minimum Gasteiger partial charge on any atom is -0.449 e. The lowest BCUT2D eigenvalue weighted by Crippen LogP contribution is -2.70. The van der Waals surface area contributed by atoms with Gasteiger partial charge in [-0.15, -0.1) is 0 Å². The molecule has 3 heterocycles. The van der Waals surface area contributed by atoms with Crippen LogP contribution in [0.3, 0.4) is 0 Å². The molecule has 0 aromatic heterocycles. The van der Waals surface area contributed by atoms with Crippen molar-refractivity contribution in [2.24, 2.45) is 5.92 Å². The van der Waals surface area contributed by atoms with E-state index in [1.807, 2.05) is 18.7 Å². The second-order valence-corrected chi connectivity index (χ2v) is 8.00. The first-order valence-corrected chi connectivity index (χ1v) is 8.54. The van der Waals surface area contributed by atoms with E-state index in [1.165, 1.54) is 0 Å². The van der Waals surface area contributed by atoms with E-state index in [2.05, 4.69) is 10.6 Å². The molecule has 0 aromatic rings. The maximum absolute atomic E-state index is 11.9. The lowest BCUT2D eigenvalue weighted by atomic mass is 9.89. The van der Waals surface area contributed by atoms with Gasteiger partial charge >= 0.3 is 6.09 Å². The standard InChI is InChI=1S/C11H20N2O2S2/c1-8(2)7-15-11(14)13-9-4-10(13)6-12(5-9)17(3)16/h8-10H,4-7H2,1-3H3. The lowest BCUT2D eigenvalue weighted by Gasteiger charge is -2.55. The van der Waals surface area contributed by atoms with E-state index in [4.69, 9.17) is 15.9 Å². The van der Waals surface area contributed by atoms with Crippen LogP contribution >= 0.6 is 0 Å². The number of amides is 1. The molecule has 0 saturated carbocycles. The van der Waals surface area contributed by atoms with Crippen molar-refractivity contribution in [3.63, 3.8) is 0 Å². The number of rotatable bonds is 3. The first-order chi connectivity index (χ1) is 7.99.